The molecule has 0 radical (unpaired) electrons. The summed E-state index contributed by atoms with van der Waals surface area (Å²) >= 11 is 1.81. The van der Waals surface area contributed by atoms with Gasteiger partial charge >= 0.3 is 0 Å². The first-order chi connectivity index (χ1) is 7.38. The lowest BCUT2D eigenvalue weighted by Gasteiger charge is -2.05. The van der Waals surface area contributed by atoms with Crippen LogP contribution in [0.4, 0.5) is 0 Å². The molecule has 1 saturated heterocycles. The van der Waals surface area contributed by atoms with Crippen molar-refractivity contribution in [2.45, 2.75) is 38.2 Å². The number of thiazole rings is 1. The van der Waals surface area contributed by atoms with Crippen molar-refractivity contribution in [2.75, 3.05) is 13.2 Å². The van der Waals surface area contributed by atoms with E-state index in [2.05, 4.69) is 4.98 Å². The zero-order chi connectivity index (χ0) is 10.5. The fourth-order valence-electron chi connectivity index (χ4n) is 1.83. The van der Waals surface area contributed by atoms with Crippen molar-refractivity contribution < 1.29 is 4.74 Å². The Labute approximate surface area is 94.7 Å². The second-order valence-corrected chi connectivity index (χ2v) is 5.15. The predicted molar refractivity (Wildman–Crippen MR) is 62.2 cm³/mol. The molecule has 1 aliphatic rings. The smallest absolute Gasteiger partial charge is 0.0953 e. The molecule has 0 saturated carbocycles. The molecule has 0 aliphatic carbocycles. The van der Waals surface area contributed by atoms with E-state index in [4.69, 9.17) is 10.5 Å². The van der Waals surface area contributed by atoms with E-state index in [0.717, 1.165) is 32.4 Å². The lowest BCUT2D eigenvalue weighted by molar-refractivity contribution is 0.111. The summed E-state index contributed by atoms with van der Waals surface area (Å²) in [5.41, 5.74) is 5.48. The van der Waals surface area contributed by atoms with Gasteiger partial charge in [0, 0.05) is 24.1 Å². The summed E-state index contributed by atoms with van der Waals surface area (Å²) < 4.78 is 5.59. The number of nitrogens with zero attached hydrogens (tertiary/aromatic N) is 1. The summed E-state index contributed by atoms with van der Waals surface area (Å²) in [6, 6.07) is 0. The van der Waals surface area contributed by atoms with Gasteiger partial charge in [0.25, 0.3) is 0 Å². The third kappa shape index (κ3) is 3.26. The molecule has 1 unspecified atom stereocenters. The molecule has 0 bridgehead atoms. The Morgan fingerprint density at radius 1 is 1.60 bits per heavy atom. The molecule has 2 heterocycles. The van der Waals surface area contributed by atoms with Crippen molar-refractivity contribution in [3.63, 3.8) is 0 Å². The molecule has 15 heavy (non-hydrogen) atoms. The Morgan fingerprint density at radius 3 is 3.27 bits per heavy atom. The second kappa shape index (κ2) is 5.58. The maximum atomic E-state index is 5.59. The lowest BCUT2D eigenvalue weighted by Crippen LogP contribution is -2.08. The van der Waals surface area contributed by atoms with Crippen LogP contribution in [-0.4, -0.2) is 24.2 Å². The molecule has 1 aromatic heterocycles. The van der Waals surface area contributed by atoms with Crippen LogP contribution in [0.1, 0.15) is 29.1 Å². The van der Waals surface area contributed by atoms with Crippen LogP contribution in [0.15, 0.2) is 6.20 Å². The van der Waals surface area contributed by atoms with Gasteiger partial charge in [0.05, 0.1) is 11.1 Å². The maximum absolute atomic E-state index is 5.59. The highest BCUT2D eigenvalue weighted by molar-refractivity contribution is 7.11. The number of rotatable bonds is 5. The van der Waals surface area contributed by atoms with Gasteiger partial charge in [0.1, 0.15) is 0 Å². The van der Waals surface area contributed by atoms with Gasteiger partial charge in [0.15, 0.2) is 0 Å². The van der Waals surface area contributed by atoms with E-state index in [-0.39, 0.29) is 0 Å². The number of ether oxygens (including phenoxy) is 1. The molecule has 0 spiro atoms. The van der Waals surface area contributed by atoms with E-state index in [1.165, 1.54) is 22.7 Å². The van der Waals surface area contributed by atoms with Gasteiger partial charge in [-0.15, -0.1) is 11.3 Å². The quantitative estimate of drug-likeness (QED) is 0.832. The zero-order valence-electron chi connectivity index (χ0n) is 8.95. The molecule has 1 aliphatic heterocycles. The molecule has 1 aromatic rings. The first kappa shape index (κ1) is 11.0. The molecule has 0 amide bonds. The highest BCUT2D eigenvalue weighted by Gasteiger charge is 2.17. The first-order valence-electron chi connectivity index (χ1n) is 5.63. The molecule has 2 N–H and O–H groups in total. The van der Waals surface area contributed by atoms with Crippen molar-refractivity contribution in [1.29, 1.82) is 0 Å². The van der Waals surface area contributed by atoms with Crippen LogP contribution < -0.4 is 5.73 Å². The summed E-state index contributed by atoms with van der Waals surface area (Å²) in [4.78, 5) is 5.79. The Bertz CT molecular complexity index is 295. The van der Waals surface area contributed by atoms with Crippen molar-refractivity contribution in [3.05, 3.63) is 16.1 Å². The normalized spacial score (nSPS) is 21.0. The summed E-state index contributed by atoms with van der Waals surface area (Å²) in [6.07, 6.45) is 7.92. The maximum Gasteiger partial charge on any atom is 0.0953 e. The number of hydrogen-bond acceptors (Lipinski definition) is 4. The molecule has 4 heteroatoms. The summed E-state index contributed by atoms with van der Waals surface area (Å²) in [5, 5.41) is 1.22. The fourth-order valence-corrected chi connectivity index (χ4v) is 2.86. The molecular weight excluding hydrogens is 208 g/mol. The van der Waals surface area contributed by atoms with Crippen LogP contribution in [0.5, 0.6) is 0 Å². The molecule has 1 atom stereocenters. The van der Waals surface area contributed by atoms with E-state index < -0.39 is 0 Å². The number of hydrogen-bond donors (Lipinski definition) is 1. The van der Waals surface area contributed by atoms with E-state index in [1.54, 1.807) is 0 Å². The van der Waals surface area contributed by atoms with Gasteiger partial charge in [0.2, 0.25) is 0 Å². The monoisotopic (exact) mass is 226 g/mol. The Balaban J connectivity index is 1.83. The molecule has 1 fully saturated rings. The average Bonchev–Trinajstić information content (AvgIpc) is 2.87. The van der Waals surface area contributed by atoms with Crippen LogP contribution in [0.25, 0.3) is 0 Å². The predicted octanol–water partition coefficient (Wildman–Crippen LogP) is 1.76. The van der Waals surface area contributed by atoms with Gasteiger partial charge in [-0.3, -0.25) is 0 Å². The van der Waals surface area contributed by atoms with Gasteiger partial charge in [-0.25, -0.2) is 4.98 Å². The van der Waals surface area contributed by atoms with E-state index in [1.807, 2.05) is 17.5 Å². The Hall–Kier alpha value is -0.450. The molecule has 84 valence electrons. The fraction of sp³-hybridized carbons (Fsp3) is 0.727. The summed E-state index contributed by atoms with van der Waals surface area (Å²) in [6.45, 7) is 1.69. The Morgan fingerprint density at radius 2 is 2.53 bits per heavy atom. The second-order valence-electron chi connectivity index (χ2n) is 3.95. The van der Waals surface area contributed by atoms with Crippen LogP contribution in [0, 0.1) is 0 Å². The Kier molecular flexibility index (Phi) is 4.11. The van der Waals surface area contributed by atoms with Crippen LogP contribution >= 0.6 is 11.3 Å². The van der Waals surface area contributed by atoms with Crippen molar-refractivity contribution in [3.8, 4) is 0 Å². The minimum atomic E-state index is 0.415. The van der Waals surface area contributed by atoms with Crippen molar-refractivity contribution >= 4 is 11.3 Å². The molecule has 2 rings (SSSR count). The number of aryl methyl sites for hydroxylation is 1. The number of nitrogens with two attached hydrogens (primary N) is 1. The average molecular weight is 226 g/mol. The van der Waals surface area contributed by atoms with Crippen LogP contribution in [-0.2, 0) is 17.6 Å². The first-order valence-corrected chi connectivity index (χ1v) is 6.45. The largest absolute Gasteiger partial charge is 0.378 e. The van der Waals surface area contributed by atoms with Crippen LogP contribution in [0.3, 0.4) is 0 Å². The van der Waals surface area contributed by atoms with E-state index >= 15 is 0 Å². The molecular formula is C11H18N2OS. The third-order valence-corrected chi connectivity index (χ3v) is 3.73. The van der Waals surface area contributed by atoms with Crippen molar-refractivity contribution in [2.24, 2.45) is 5.73 Å². The highest BCUT2D eigenvalue weighted by atomic mass is 32.1. The van der Waals surface area contributed by atoms with Gasteiger partial charge in [-0.1, -0.05) is 0 Å². The molecule has 0 aromatic carbocycles. The third-order valence-electron chi connectivity index (χ3n) is 2.66. The van der Waals surface area contributed by atoms with Crippen molar-refractivity contribution in [1.82, 2.24) is 4.98 Å². The number of aromatic nitrogens is 1. The van der Waals surface area contributed by atoms with Gasteiger partial charge < -0.3 is 10.5 Å². The minimum Gasteiger partial charge on any atom is -0.378 e. The standard InChI is InChI=1S/C11H18N2OS/c12-5-1-4-10-8-13-11(15-10)7-9-3-2-6-14-9/h8-9H,1-7,12H2. The van der Waals surface area contributed by atoms with E-state index in [0.29, 0.717) is 6.10 Å². The van der Waals surface area contributed by atoms with Gasteiger partial charge in [-0.2, -0.15) is 0 Å². The topological polar surface area (TPSA) is 48.1 Å². The van der Waals surface area contributed by atoms with Gasteiger partial charge in [-0.05, 0) is 32.2 Å². The highest BCUT2D eigenvalue weighted by Crippen LogP contribution is 2.21. The minimum absolute atomic E-state index is 0.415. The summed E-state index contributed by atoms with van der Waals surface area (Å²) in [5.74, 6) is 0. The van der Waals surface area contributed by atoms with E-state index in [9.17, 15) is 0 Å². The molecule has 3 nitrogen and oxygen atoms in total. The SMILES string of the molecule is NCCCc1cnc(CC2CCCO2)s1. The summed E-state index contributed by atoms with van der Waals surface area (Å²) in [7, 11) is 0. The zero-order valence-corrected chi connectivity index (χ0v) is 9.76. The lowest BCUT2D eigenvalue weighted by atomic mass is 10.2. The van der Waals surface area contributed by atoms with Crippen LogP contribution in [0.2, 0.25) is 0 Å².